The lowest BCUT2D eigenvalue weighted by Gasteiger charge is -2.16. The average molecular weight is 244 g/mol. The summed E-state index contributed by atoms with van der Waals surface area (Å²) in [6.45, 7) is -0.473. The number of nitrogen functional groups attached to an aromatic ring is 1. The van der Waals surface area contributed by atoms with Crippen LogP contribution in [-0.2, 0) is 4.74 Å². The third-order valence-electron chi connectivity index (χ3n) is 2.54. The van der Waals surface area contributed by atoms with E-state index in [9.17, 15) is 15.0 Å². The van der Waals surface area contributed by atoms with Crippen molar-refractivity contribution in [2.24, 2.45) is 0 Å². The minimum Gasteiger partial charge on any atom is -0.394 e. The molecule has 0 amide bonds. The molecule has 0 radical (unpaired) electrons. The molecule has 1 aliphatic rings. The standard InChI is InChI=1S/C8H12N4O5/c9-7-10-2-12(8(16)11-7)6-5(15)4(14)3(1-13)17-6/h2-6,13-15H,1H2,(H2,9,11,16)/t3?,4-,5-,6?/m1/s1. The zero-order valence-electron chi connectivity index (χ0n) is 8.67. The largest absolute Gasteiger partial charge is 0.394 e. The molecule has 2 rings (SSSR count). The predicted molar refractivity (Wildman–Crippen MR) is 53.7 cm³/mol. The molecule has 5 N–H and O–H groups in total. The molecular weight excluding hydrogens is 232 g/mol. The van der Waals surface area contributed by atoms with Gasteiger partial charge in [0.1, 0.15) is 24.6 Å². The lowest BCUT2D eigenvalue weighted by Crippen LogP contribution is -2.36. The topological polar surface area (TPSA) is 144 Å². The molecule has 0 aromatic carbocycles. The molecule has 0 aliphatic carbocycles. The van der Waals surface area contributed by atoms with E-state index < -0.39 is 36.8 Å². The number of anilines is 1. The molecule has 4 atom stereocenters. The number of nitrogens with zero attached hydrogens (tertiary/aromatic N) is 3. The van der Waals surface area contributed by atoms with Gasteiger partial charge in [0.2, 0.25) is 5.95 Å². The molecule has 9 heteroatoms. The number of rotatable bonds is 2. The van der Waals surface area contributed by atoms with Gasteiger partial charge in [0.15, 0.2) is 6.23 Å². The summed E-state index contributed by atoms with van der Waals surface area (Å²) in [7, 11) is 0. The summed E-state index contributed by atoms with van der Waals surface area (Å²) in [6.07, 6.45) is -3.67. The number of ether oxygens (including phenoxy) is 1. The quantitative estimate of drug-likeness (QED) is 0.426. The van der Waals surface area contributed by atoms with Crippen molar-refractivity contribution in [3.05, 3.63) is 16.8 Å². The number of aromatic nitrogens is 3. The second-order valence-electron chi connectivity index (χ2n) is 3.63. The highest BCUT2D eigenvalue weighted by atomic mass is 16.6. The maximum Gasteiger partial charge on any atom is 0.354 e. The fraction of sp³-hybridized carbons (Fsp3) is 0.625. The van der Waals surface area contributed by atoms with Gasteiger partial charge in [0, 0.05) is 0 Å². The summed E-state index contributed by atoms with van der Waals surface area (Å²) < 4.78 is 6.04. The van der Waals surface area contributed by atoms with Gasteiger partial charge >= 0.3 is 5.69 Å². The Kier molecular flexibility index (Phi) is 3.07. The number of aliphatic hydroxyl groups is 3. The van der Waals surface area contributed by atoms with Crippen molar-refractivity contribution >= 4 is 5.95 Å². The molecule has 1 aromatic heterocycles. The molecule has 2 heterocycles. The molecule has 1 fully saturated rings. The molecule has 2 unspecified atom stereocenters. The Bertz CT molecular complexity index is 463. The maximum atomic E-state index is 11.5. The van der Waals surface area contributed by atoms with Crippen LogP contribution < -0.4 is 11.4 Å². The highest BCUT2D eigenvalue weighted by Gasteiger charge is 2.43. The van der Waals surface area contributed by atoms with E-state index >= 15 is 0 Å². The first-order valence-electron chi connectivity index (χ1n) is 4.87. The molecule has 9 nitrogen and oxygen atoms in total. The maximum absolute atomic E-state index is 11.5. The van der Waals surface area contributed by atoms with E-state index in [1.807, 2.05) is 0 Å². The Hall–Kier alpha value is -1.55. The molecule has 94 valence electrons. The third-order valence-corrected chi connectivity index (χ3v) is 2.54. The normalized spacial score (nSPS) is 32.9. The summed E-state index contributed by atoms with van der Waals surface area (Å²) in [5.74, 6) is -0.196. The van der Waals surface area contributed by atoms with E-state index in [1.54, 1.807) is 0 Å². The van der Waals surface area contributed by atoms with Crippen LogP contribution in [-0.4, -0.2) is 54.8 Å². The van der Waals surface area contributed by atoms with E-state index in [0.29, 0.717) is 0 Å². The van der Waals surface area contributed by atoms with Crippen molar-refractivity contribution in [2.45, 2.75) is 24.5 Å². The second-order valence-corrected chi connectivity index (χ2v) is 3.63. The van der Waals surface area contributed by atoms with E-state index in [1.165, 1.54) is 0 Å². The summed E-state index contributed by atoms with van der Waals surface area (Å²) >= 11 is 0. The van der Waals surface area contributed by atoms with Crippen LogP contribution in [0.2, 0.25) is 0 Å². The zero-order valence-corrected chi connectivity index (χ0v) is 8.67. The van der Waals surface area contributed by atoms with Crippen LogP contribution in [0.3, 0.4) is 0 Å². The van der Waals surface area contributed by atoms with Gasteiger partial charge in [-0.1, -0.05) is 0 Å². The van der Waals surface area contributed by atoms with Gasteiger partial charge in [-0.3, -0.25) is 4.57 Å². The van der Waals surface area contributed by atoms with Crippen LogP contribution in [0.25, 0.3) is 0 Å². The fourth-order valence-electron chi connectivity index (χ4n) is 1.64. The molecule has 0 bridgehead atoms. The number of nitrogens with two attached hydrogens (primary N) is 1. The van der Waals surface area contributed by atoms with E-state index in [2.05, 4.69) is 9.97 Å². The van der Waals surface area contributed by atoms with Gasteiger partial charge in [-0.25, -0.2) is 9.78 Å². The zero-order chi connectivity index (χ0) is 12.6. The fourth-order valence-corrected chi connectivity index (χ4v) is 1.64. The van der Waals surface area contributed by atoms with Crippen LogP contribution >= 0.6 is 0 Å². The van der Waals surface area contributed by atoms with Crippen molar-refractivity contribution in [2.75, 3.05) is 12.3 Å². The number of aliphatic hydroxyl groups excluding tert-OH is 3. The van der Waals surface area contributed by atoms with Gasteiger partial charge in [-0.15, -0.1) is 0 Å². The number of hydrogen-bond acceptors (Lipinski definition) is 8. The molecular formula is C8H12N4O5. The highest BCUT2D eigenvalue weighted by Crippen LogP contribution is 2.27. The molecule has 1 saturated heterocycles. The lowest BCUT2D eigenvalue weighted by atomic mass is 10.1. The Labute approximate surface area is 95.1 Å². The van der Waals surface area contributed by atoms with Gasteiger partial charge in [0.25, 0.3) is 0 Å². The summed E-state index contributed by atoms with van der Waals surface area (Å²) in [4.78, 5) is 18.4. The van der Waals surface area contributed by atoms with Crippen LogP contribution in [0.5, 0.6) is 0 Å². The van der Waals surface area contributed by atoms with Crippen LogP contribution in [0.15, 0.2) is 11.1 Å². The molecule has 0 spiro atoms. The molecule has 17 heavy (non-hydrogen) atoms. The monoisotopic (exact) mass is 244 g/mol. The van der Waals surface area contributed by atoms with Crippen molar-refractivity contribution in [3.63, 3.8) is 0 Å². The van der Waals surface area contributed by atoms with Gasteiger partial charge in [-0.2, -0.15) is 4.98 Å². The first kappa shape index (κ1) is 11.9. The molecule has 1 aliphatic heterocycles. The Morgan fingerprint density at radius 3 is 2.71 bits per heavy atom. The summed E-state index contributed by atoms with van der Waals surface area (Å²) in [6, 6.07) is 0. The van der Waals surface area contributed by atoms with Crippen molar-refractivity contribution in [1.29, 1.82) is 0 Å². The molecule has 0 saturated carbocycles. The van der Waals surface area contributed by atoms with E-state index in [0.717, 1.165) is 10.9 Å². The summed E-state index contributed by atoms with van der Waals surface area (Å²) in [5.41, 5.74) is 4.46. The Balaban J connectivity index is 2.32. The smallest absolute Gasteiger partial charge is 0.354 e. The summed E-state index contributed by atoms with van der Waals surface area (Å²) in [5, 5.41) is 28.1. The van der Waals surface area contributed by atoms with Gasteiger partial charge in [0.05, 0.1) is 6.61 Å². The van der Waals surface area contributed by atoms with Crippen molar-refractivity contribution < 1.29 is 20.1 Å². The van der Waals surface area contributed by atoms with Gasteiger partial charge < -0.3 is 25.8 Å². The van der Waals surface area contributed by atoms with E-state index in [-0.39, 0.29) is 5.95 Å². The lowest BCUT2D eigenvalue weighted by molar-refractivity contribution is -0.0554. The highest BCUT2D eigenvalue weighted by molar-refractivity contribution is 5.10. The van der Waals surface area contributed by atoms with Crippen molar-refractivity contribution in [1.82, 2.24) is 14.5 Å². The molecule has 1 aromatic rings. The van der Waals surface area contributed by atoms with Crippen molar-refractivity contribution in [3.8, 4) is 0 Å². The van der Waals surface area contributed by atoms with E-state index in [4.69, 9.17) is 15.6 Å². The Morgan fingerprint density at radius 1 is 1.47 bits per heavy atom. The predicted octanol–water partition coefficient (Wildman–Crippen LogP) is -3.17. The second kappa shape index (κ2) is 4.37. The van der Waals surface area contributed by atoms with Gasteiger partial charge in [-0.05, 0) is 0 Å². The minimum absolute atomic E-state index is 0.196. The Morgan fingerprint density at radius 2 is 2.18 bits per heavy atom. The minimum atomic E-state index is -1.35. The van der Waals surface area contributed by atoms with Crippen LogP contribution in [0, 0.1) is 0 Å². The SMILES string of the molecule is Nc1ncn(C2OC(CO)[C@@H](O)[C@H]2O)c(=O)n1. The van der Waals surface area contributed by atoms with Crippen LogP contribution in [0.4, 0.5) is 5.95 Å². The average Bonchev–Trinajstić information content (AvgIpc) is 2.57. The third kappa shape index (κ3) is 2.00. The number of hydrogen-bond donors (Lipinski definition) is 4. The first-order valence-corrected chi connectivity index (χ1v) is 4.87. The first-order chi connectivity index (χ1) is 8.04. The van der Waals surface area contributed by atoms with Crippen LogP contribution in [0.1, 0.15) is 6.23 Å².